The molecular weight excluding hydrogens is 659 g/mol. The molecule has 7 rings (SSSR count). The van der Waals surface area contributed by atoms with E-state index in [0.29, 0.717) is 39.6 Å². The number of nitrogens with zero attached hydrogens (tertiary/aromatic N) is 2. The maximum Gasteiger partial charge on any atom is 0.364 e. The molecule has 5 aromatic rings. The largest absolute Gasteiger partial charge is 0.428 e. The Bertz CT molecular complexity index is 1910. The van der Waals surface area contributed by atoms with Crippen LogP contribution in [0.3, 0.4) is 0 Å². The van der Waals surface area contributed by atoms with Crippen LogP contribution in [0.4, 0.5) is 20.2 Å². The molecule has 0 fully saturated rings. The van der Waals surface area contributed by atoms with Crippen LogP contribution in [0.1, 0.15) is 22.1 Å². The fourth-order valence-corrected chi connectivity index (χ4v) is 13.1. The molecule has 0 N–H and O–H groups in total. The van der Waals surface area contributed by atoms with Gasteiger partial charge in [0.1, 0.15) is 23.1 Å². The first-order valence-electron chi connectivity index (χ1n) is 13.9. The molecule has 12 heteroatoms. The number of para-hydroxylation sites is 2. The number of hydrogen-bond donors (Lipinski definition) is 0. The van der Waals surface area contributed by atoms with Gasteiger partial charge in [0.2, 0.25) is 0 Å². The molecule has 0 saturated carbocycles. The summed E-state index contributed by atoms with van der Waals surface area (Å²) in [5.41, 5.74) is 2.46. The van der Waals surface area contributed by atoms with Crippen LogP contribution >= 0.6 is 38.2 Å². The summed E-state index contributed by atoms with van der Waals surface area (Å²) in [7, 11) is -8.71. The number of anilines is 2. The molecule has 0 aromatic heterocycles. The highest BCUT2D eigenvalue weighted by Crippen LogP contribution is 2.82. The van der Waals surface area contributed by atoms with Crippen LogP contribution in [0.2, 0.25) is 10.0 Å². The molecule has 45 heavy (non-hydrogen) atoms. The van der Waals surface area contributed by atoms with Crippen molar-refractivity contribution in [1.82, 2.24) is 0 Å². The molecule has 0 saturated heterocycles. The first-order valence-corrected chi connectivity index (χ1v) is 18.0. The lowest BCUT2D eigenvalue weighted by atomic mass is 10.2. The predicted molar refractivity (Wildman–Crippen MR) is 174 cm³/mol. The molecule has 0 spiro atoms. The predicted octanol–water partition coefficient (Wildman–Crippen LogP) is 10.9. The second-order valence-electron chi connectivity index (χ2n) is 10.6. The topological polar surface area (TPSA) is 59.1 Å². The SMILES string of the molecule is O=P1(C(c2ccccc2)P2(=O)Oc3ccccc3CN2c2ccc(F)c(Cl)c2)Oc2ccccc2CN1c1ccc(F)c(Cl)c1. The highest BCUT2D eigenvalue weighted by atomic mass is 35.5. The molecule has 0 amide bonds. The number of fused-ring (bicyclic) bond motifs is 2. The Morgan fingerprint density at radius 1 is 0.600 bits per heavy atom. The fraction of sp³-hybridized carbons (Fsp3) is 0.0909. The summed E-state index contributed by atoms with van der Waals surface area (Å²) in [5, 5.41) is -1.77. The molecule has 2 unspecified atom stereocenters. The molecular formula is C33H24Cl2F2N2O4P2. The minimum atomic E-state index is -4.35. The highest BCUT2D eigenvalue weighted by Gasteiger charge is 2.60. The van der Waals surface area contributed by atoms with E-state index in [4.69, 9.17) is 32.2 Å². The summed E-state index contributed by atoms with van der Waals surface area (Å²) in [4.78, 5) is 0. The van der Waals surface area contributed by atoms with Gasteiger partial charge in [-0.1, -0.05) is 89.9 Å². The van der Waals surface area contributed by atoms with E-state index in [9.17, 15) is 8.78 Å². The van der Waals surface area contributed by atoms with Gasteiger partial charge in [-0.25, -0.2) is 8.78 Å². The van der Waals surface area contributed by atoms with E-state index in [-0.39, 0.29) is 23.1 Å². The number of hydrogen-bond acceptors (Lipinski definition) is 4. The summed E-state index contributed by atoms with van der Waals surface area (Å²) < 4.78 is 76.6. The maximum absolute atomic E-state index is 15.9. The Morgan fingerprint density at radius 2 is 1.02 bits per heavy atom. The van der Waals surface area contributed by atoms with Crippen molar-refractivity contribution in [1.29, 1.82) is 0 Å². The van der Waals surface area contributed by atoms with Crippen LogP contribution in [0.5, 0.6) is 11.5 Å². The molecule has 2 heterocycles. The van der Waals surface area contributed by atoms with E-state index in [0.717, 1.165) is 0 Å². The molecule has 2 atom stereocenters. The van der Waals surface area contributed by atoms with E-state index < -0.39 is 32.1 Å². The quantitative estimate of drug-likeness (QED) is 0.172. The van der Waals surface area contributed by atoms with Crippen LogP contribution in [0, 0.1) is 11.6 Å². The summed E-state index contributed by atoms with van der Waals surface area (Å²) in [6, 6.07) is 30.9. The first kappa shape index (κ1) is 29.9. The van der Waals surface area contributed by atoms with E-state index in [1.165, 1.54) is 45.7 Å². The van der Waals surface area contributed by atoms with Gasteiger partial charge >= 0.3 is 15.0 Å². The standard InChI is InChI=1S/C33H24Cl2F2N2O4P2/c34-27-18-25(14-16-29(27)36)38-20-23-10-4-6-12-31(23)42-44(38,40)33(22-8-2-1-3-9-22)45(41)39(26-15-17-30(37)28(35)19-26)21-24-11-5-7-13-32(24)43-45/h1-19,33H,20-21H2. The van der Waals surface area contributed by atoms with Crippen molar-refractivity contribution in [3.8, 4) is 11.5 Å². The van der Waals surface area contributed by atoms with E-state index in [2.05, 4.69) is 0 Å². The van der Waals surface area contributed by atoms with Crippen LogP contribution in [0.15, 0.2) is 115 Å². The second-order valence-corrected chi connectivity index (χ2v) is 16.5. The Morgan fingerprint density at radius 3 is 1.47 bits per heavy atom. The zero-order valence-corrected chi connectivity index (χ0v) is 26.7. The van der Waals surface area contributed by atoms with Crippen molar-refractivity contribution in [2.45, 2.75) is 18.5 Å². The van der Waals surface area contributed by atoms with Crippen molar-refractivity contribution >= 4 is 49.6 Å². The van der Waals surface area contributed by atoms with Crippen molar-refractivity contribution < 1.29 is 27.0 Å². The number of rotatable bonds is 5. The normalized spacial score (nSPS) is 21.2. The lowest BCUT2D eigenvalue weighted by Crippen LogP contribution is -2.35. The van der Waals surface area contributed by atoms with Gasteiger partial charge in [0, 0.05) is 22.5 Å². The van der Waals surface area contributed by atoms with Crippen LogP contribution in [-0.2, 0) is 22.2 Å². The van der Waals surface area contributed by atoms with Crippen molar-refractivity contribution in [3.63, 3.8) is 0 Å². The lowest BCUT2D eigenvalue weighted by molar-refractivity contribution is 0.435. The fourth-order valence-electron chi connectivity index (χ4n) is 5.69. The molecule has 5 aromatic carbocycles. The van der Waals surface area contributed by atoms with E-state index >= 15 is 9.13 Å². The zero-order valence-electron chi connectivity index (χ0n) is 23.4. The second kappa shape index (κ2) is 11.5. The minimum absolute atomic E-state index is 0.0811. The first-order chi connectivity index (χ1) is 21.7. The van der Waals surface area contributed by atoms with Gasteiger partial charge in [-0.05, 0) is 54.1 Å². The Labute approximate surface area is 268 Å². The summed E-state index contributed by atoms with van der Waals surface area (Å²) in [6.07, 6.45) is 0. The Hall–Kier alpha value is -3.80. The van der Waals surface area contributed by atoms with E-state index in [1.807, 2.05) is 24.3 Å². The molecule has 0 bridgehead atoms. The van der Waals surface area contributed by atoms with Crippen LogP contribution < -0.4 is 18.4 Å². The van der Waals surface area contributed by atoms with Crippen LogP contribution in [0.25, 0.3) is 0 Å². The molecule has 0 aliphatic carbocycles. The third-order valence-corrected chi connectivity index (χ3v) is 15.0. The smallest absolute Gasteiger partial charge is 0.364 e. The summed E-state index contributed by atoms with van der Waals surface area (Å²) >= 11 is 12.4. The maximum atomic E-state index is 15.9. The van der Waals surface area contributed by atoms with Gasteiger partial charge in [0.15, 0.2) is 5.40 Å². The number of benzene rings is 5. The monoisotopic (exact) mass is 682 g/mol. The molecule has 6 nitrogen and oxygen atoms in total. The van der Waals surface area contributed by atoms with E-state index in [1.54, 1.807) is 54.6 Å². The highest BCUT2D eigenvalue weighted by molar-refractivity contribution is 7.78. The average Bonchev–Trinajstić information content (AvgIpc) is 3.03. The van der Waals surface area contributed by atoms with Crippen LogP contribution in [-0.4, -0.2) is 0 Å². The zero-order chi connectivity index (χ0) is 31.3. The van der Waals surface area contributed by atoms with Crippen molar-refractivity contribution in [2.75, 3.05) is 9.34 Å². The summed E-state index contributed by atoms with van der Waals surface area (Å²) in [5.74, 6) is -0.585. The minimum Gasteiger partial charge on any atom is -0.428 e. The van der Waals surface area contributed by atoms with Gasteiger partial charge in [-0.2, -0.15) is 0 Å². The average molecular weight is 683 g/mol. The molecule has 228 valence electrons. The van der Waals surface area contributed by atoms with Gasteiger partial charge in [0.25, 0.3) is 0 Å². The Balaban J connectivity index is 1.50. The van der Waals surface area contributed by atoms with Gasteiger partial charge in [-0.15, -0.1) is 0 Å². The van der Waals surface area contributed by atoms with Gasteiger partial charge in [-0.3, -0.25) is 18.5 Å². The molecule has 2 aliphatic rings. The van der Waals surface area contributed by atoms with Crippen molar-refractivity contribution in [2.24, 2.45) is 0 Å². The molecule has 0 radical (unpaired) electrons. The number of halogens is 4. The summed E-state index contributed by atoms with van der Waals surface area (Å²) in [6.45, 7) is 0.162. The van der Waals surface area contributed by atoms with Gasteiger partial charge < -0.3 is 9.05 Å². The lowest BCUT2D eigenvalue weighted by Gasteiger charge is -2.47. The van der Waals surface area contributed by atoms with Gasteiger partial charge in [0.05, 0.1) is 23.1 Å². The molecule has 2 aliphatic heterocycles. The van der Waals surface area contributed by atoms with Crippen molar-refractivity contribution in [3.05, 3.63) is 154 Å². The third-order valence-electron chi connectivity index (χ3n) is 7.84. The Kier molecular flexibility index (Phi) is 7.66. The third kappa shape index (κ3) is 5.20.